The third-order valence-electron chi connectivity index (χ3n) is 4.28. The molecule has 3 rings (SSSR count). The first kappa shape index (κ1) is 16.1. The second-order valence-electron chi connectivity index (χ2n) is 5.87. The number of carbonyl (C=O) groups is 1. The van der Waals surface area contributed by atoms with Crippen LogP contribution in [-0.2, 0) is 11.2 Å². The number of nitrogens with zero attached hydrogens (tertiary/aromatic N) is 1. The summed E-state index contributed by atoms with van der Waals surface area (Å²) in [5, 5.41) is 4.14. The van der Waals surface area contributed by atoms with Gasteiger partial charge in [-0.15, -0.1) is 11.3 Å². The zero-order valence-corrected chi connectivity index (χ0v) is 14.1. The van der Waals surface area contributed by atoms with Crippen molar-refractivity contribution in [1.82, 2.24) is 4.90 Å². The van der Waals surface area contributed by atoms with Crippen LogP contribution >= 0.6 is 11.3 Å². The Morgan fingerprint density at radius 1 is 1.35 bits per heavy atom. The maximum atomic E-state index is 13.3. The van der Waals surface area contributed by atoms with Crippen LogP contribution in [0.1, 0.15) is 35.4 Å². The summed E-state index contributed by atoms with van der Waals surface area (Å²) in [5.74, 6) is -0.0890. The molecule has 1 aromatic carbocycles. The largest absolute Gasteiger partial charge is 0.338 e. The fourth-order valence-electron chi connectivity index (χ4n) is 3.14. The standard InChI is InChI=1S/C18H21FN2OS/c1-2-9-20-12-17(22)21-10-7-16-15(8-11-23-16)18(21)13-3-5-14(19)6-4-13/h3-6,8,11,18,20H,2,7,9-10,12H2,1H3/p+1/t18-/m1/s1. The van der Waals surface area contributed by atoms with Gasteiger partial charge in [0.05, 0.1) is 12.6 Å². The van der Waals surface area contributed by atoms with Gasteiger partial charge in [-0.3, -0.25) is 4.79 Å². The number of rotatable bonds is 5. The number of thiophene rings is 1. The molecule has 1 atom stereocenters. The highest BCUT2D eigenvalue weighted by atomic mass is 32.1. The van der Waals surface area contributed by atoms with Crippen LogP contribution in [0, 0.1) is 5.82 Å². The highest BCUT2D eigenvalue weighted by molar-refractivity contribution is 7.10. The summed E-state index contributed by atoms with van der Waals surface area (Å²) in [7, 11) is 0. The van der Waals surface area contributed by atoms with Gasteiger partial charge in [-0.05, 0) is 47.5 Å². The molecule has 1 aliphatic heterocycles. The fraction of sp³-hybridized carbons (Fsp3) is 0.389. The number of halogens is 1. The van der Waals surface area contributed by atoms with Crippen LogP contribution in [-0.4, -0.2) is 30.4 Å². The van der Waals surface area contributed by atoms with Crippen LogP contribution < -0.4 is 5.32 Å². The lowest BCUT2D eigenvalue weighted by atomic mass is 9.93. The Morgan fingerprint density at radius 3 is 2.87 bits per heavy atom. The molecule has 122 valence electrons. The summed E-state index contributed by atoms with van der Waals surface area (Å²) in [4.78, 5) is 16.0. The van der Waals surface area contributed by atoms with E-state index < -0.39 is 0 Å². The van der Waals surface area contributed by atoms with Crippen LogP contribution in [0.4, 0.5) is 4.39 Å². The van der Waals surface area contributed by atoms with Crippen molar-refractivity contribution in [2.75, 3.05) is 19.6 Å². The predicted octanol–water partition coefficient (Wildman–Crippen LogP) is 2.33. The number of fused-ring (bicyclic) bond motifs is 1. The average Bonchev–Trinajstić information content (AvgIpc) is 3.03. The number of nitrogens with two attached hydrogens (primary N) is 1. The van der Waals surface area contributed by atoms with Gasteiger partial charge >= 0.3 is 0 Å². The predicted molar refractivity (Wildman–Crippen MR) is 89.9 cm³/mol. The minimum absolute atomic E-state index is 0.0897. The highest BCUT2D eigenvalue weighted by Crippen LogP contribution is 2.37. The number of amides is 1. The Hall–Kier alpha value is -1.72. The Labute approximate surface area is 140 Å². The lowest BCUT2D eigenvalue weighted by Gasteiger charge is -2.36. The van der Waals surface area contributed by atoms with Crippen molar-refractivity contribution < 1.29 is 14.5 Å². The van der Waals surface area contributed by atoms with Gasteiger partial charge in [-0.1, -0.05) is 19.1 Å². The number of quaternary nitrogens is 1. The normalized spacial score (nSPS) is 17.1. The van der Waals surface area contributed by atoms with Gasteiger partial charge in [-0.2, -0.15) is 0 Å². The summed E-state index contributed by atoms with van der Waals surface area (Å²) >= 11 is 1.74. The zero-order valence-electron chi connectivity index (χ0n) is 13.3. The number of benzene rings is 1. The van der Waals surface area contributed by atoms with Gasteiger partial charge in [0.15, 0.2) is 6.54 Å². The van der Waals surface area contributed by atoms with E-state index in [4.69, 9.17) is 0 Å². The van der Waals surface area contributed by atoms with Crippen LogP contribution in [0.2, 0.25) is 0 Å². The maximum Gasteiger partial charge on any atom is 0.278 e. The van der Waals surface area contributed by atoms with E-state index in [-0.39, 0.29) is 17.8 Å². The van der Waals surface area contributed by atoms with Crippen LogP contribution in [0.3, 0.4) is 0 Å². The summed E-state index contributed by atoms with van der Waals surface area (Å²) in [6, 6.07) is 8.55. The van der Waals surface area contributed by atoms with Gasteiger partial charge in [0.25, 0.3) is 5.91 Å². The molecule has 0 radical (unpaired) electrons. The third-order valence-corrected chi connectivity index (χ3v) is 5.28. The first-order valence-electron chi connectivity index (χ1n) is 8.13. The molecule has 1 aliphatic rings. The molecular formula is C18H22FN2OS+. The Morgan fingerprint density at radius 2 is 2.13 bits per heavy atom. The highest BCUT2D eigenvalue weighted by Gasteiger charge is 2.33. The Bertz CT molecular complexity index is 668. The first-order valence-corrected chi connectivity index (χ1v) is 9.01. The van der Waals surface area contributed by atoms with Crippen molar-refractivity contribution in [3.8, 4) is 0 Å². The molecule has 0 unspecified atom stereocenters. The molecule has 1 aromatic heterocycles. The number of carbonyl (C=O) groups excluding carboxylic acids is 1. The van der Waals surface area contributed by atoms with E-state index in [0.29, 0.717) is 6.54 Å². The van der Waals surface area contributed by atoms with Crippen molar-refractivity contribution in [3.05, 3.63) is 57.5 Å². The maximum absolute atomic E-state index is 13.3. The van der Waals surface area contributed by atoms with E-state index >= 15 is 0 Å². The second kappa shape index (κ2) is 7.23. The molecule has 2 heterocycles. The molecule has 0 saturated heterocycles. The molecule has 2 N–H and O–H groups in total. The lowest BCUT2D eigenvalue weighted by molar-refractivity contribution is -0.644. The topological polar surface area (TPSA) is 36.9 Å². The number of hydrogen-bond acceptors (Lipinski definition) is 2. The van der Waals surface area contributed by atoms with Crippen molar-refractivity contribution in [2.24, 2.45) is 0 Å². The second-order valence-corrected chi connectivity index (χ2v) is 6.87. The van der Waals surface area contributed by atoms with E-state index in [1.165, 1.54) is 22.6 Å². The summed E-state index contributed by atoms with van der Waals surface area (Å²) in [6.45, 7) is 4.28. The first-order chi connectivity index (χ1) is 11.2. The molecule has 0 aliphatic carbocycles. The molecule has 5 heteroatoms. The molecule has 0 saturated carbocycles. The minimum Gasteiger partial charge on any atom is -0.338 e. The van der Waals surface area contributed by atoms with Gasteiger partial charge < -0.3 is 10.2 Å². The Kier molecular flexibility index (Phi) is 5.08. The third kappa shape index (κ3) is 3.46. The van der Waals surface area contributed by atoms with Crippen LogP contribution in [0.15, 0.2) is 35.7 Å². The Balaban J connectivity index is 1.89. The van der Waals surface area contributed by atoms with E-state index in [0.717, 1.165) is 31.5 Å². The fourth-order valence-corrected chi connectivity index (χ4v) is 4.04. The van der Waals surface area contributed by atoms with Crippen molar-refractivity contribution >= 4 is 17.2 Å². The quantitative estimate of drug-likeness (QED) is 0.838. The lowest BCUT2D eigenvalue weighted by Crippen LogP contribution is -2.86. The van der Waals surface area contributed by atoms with E-state index in [1.807, 2.05) is 4.90 Å². The monoisotopic (exact) mass is 333 g/mol. The zero-order chi connectivity index (χ0) is 16.2. The molecule has 0 fully saturated rings. The molecular weight excluding hydrogens is 311 g/mol. The number of hydrogen-bond donors (Lipinski definition) is 1. The summed E-state index contributed by atoms with van der Waals surface area (Å²) in [5.41, 5.74) is 2.17. The van der Waals surface area contributed by atoms with Gasteiger partial charge in [0.1, 0.15) is 5.82 Å². The summed E-state index contributed by atoms with van der Waals surface area (Å²) in [6.07, 6.45) is 1.97. The molecule has 0 spiro atoms. The molecule has 1 amide bonds. The van der Waals surface area contributed by atoms with E-state index in [2.05, 4.69) is 23.7 Å². The molecule has 0 bridgehead atoms. The van der Waals surface area contributed by atoms with Crippen LogP contribution in [0.25, 0.3) is 0 Å². The smallest absolute Gasteiger partial charge is 0.278 e. The molecule has 23 heavy (non-hydrogen) atoms. The molecule has 3 nitrogen and oxygen atoms in total. The van der Waals surface area contributed by atoms with Crippen molar-refractivity contribution in [1.29, 1.82) is 0 Å². The van der Waals surface area contributed by atoms with E-state index in [1.54, 1.807) is 23.5 Å². The average molecular weight is 333 g/mol. The molecule has 2 aromatic rings. The van der Waals surface area contributed by atoms with Gasteiger partial charge in [0, 0.05) is 11.4 Å². The van der Waals surface area contributed by atoms with Crippen molar-refractivity contribution in [3.63, 3.8) is 0 Å². The van der Waals surface area contributed by atoms with Gasteiger partial charge in [0.2, 0.25) is 0 Å². The summed E-state index contributed by atoms with van der Waals surface area (Å²) < 4.78 is 13.3. The van der Waals surface area contributed by atoms with Crippen LogP contribution in [0.5, 0.6) is 0 Å². The van der Waals surface area contributed by atoms with Crippen molar-refractivity contribution in [2.45, 2.75) is 25.8 Å². The minimum atomic E-state index is -0.246. The SMILES string of the molecule is CCC[NH2+]CC(=O)N1CCc2sccc2[C@H]1c1ccc(F)cc1. The van der Waals surface area contributed by atoms with Gasteiger partial charge in [-0.25, -0.2) is 4.39 Å². The van der Waals surface area contributed by atoms with E-state index in [9.17, 15) is 9.18 Å².